The maximum atomic E-state index is 13.7. The third kappa shape index (κ3) is 5.08. The lowest BCUT2D eigenvalue weighted by atomic mass is 10.1. The summed E-state index contributed by atoms with van der Waals surface area (Å²) in [5.41, 5.74) is 7.80. The average molecular weight is 470 g/mol. The van der Waals surface area contributed by atoms with Crippen LogP contribution in [0.4, 0.5) is 11.5 Å². The smallest absolute Gasteiger partial charge is 0.330 e. The Bertz CT molecular complexity index is 1240. The van der Waals surface area contributed by atoms with Gasteiger partial charge in [-0.2, -0.15) is 0 Å². The minimum Gasteiger partial charge on any atom is -0.383 e. The molecule has 2 aromatic heterocycles. The molecule has 0 bridgehead atoms. The summed E-state index contributed by atoms with van der Waals surface area (Å²) in [6.07, 6.45) is 3.11. The van der Waals surface area contributed by atoms with E-state index < -0.39 is 11.2 Å². The minimum absolute atomic E-state index is 0.00704. The first-order chi connectivity index (χ1) is 15.8. The highest BCUT2D eigenvalue weighted by molar-refractivity contribution is 7.17. The Morgan fingerprint density at radius 3 is 2.45 bits per heavy atom. The fourth-order valence-electron chi connectivity index (χ4n) is 3.64. The number of benzene rings is 1. The lowest BCUT2D eigenvalue weighted by Gasteiger charge is -2.24. The van der Waals surface area contributed by atoms with E-state index >= 15 is 0 Å². The summed E-state index contributed by atoms with van der Waals surface area (Å²) in [6.45, 7) is 8.46. The molecule has 1 amide bonds. The molecule has 0 aliphatic heterocycles. The average Bonchev–Trinajstić information content (AvgIpc) is 3.19. The van der Waals surface area contributed by atoms with Crippen LogP contribution < -0.4 is 21.9 Å². The Hall–Kier alpha value is -3.20. The minimum atomic E-state index is -0.660. The van der Waals surface area contributed by atoms with Gasteiger partial charge in [-0.3, -0.25) is 24.0 Å². The summed E-state index contributed by atoms with van der Waals surface area (Å²) in [4.78, 5) is 47.5. The zero-order chi connectivity index (χ0) is 24.1. The number of rotatable bonds is 9. The largest absolute Gasteiger partial charge is 0.383 e. The molecule has 1 aromatic carbocycles. The Morgan fingerprint density at radius 2 is 1.85 bits per heavy atom. The van der Waals surface area contributed by atoms with Crippen LogP contribution in [0.15, 0.2) is 33.9 Å². The van der Waals surface area contributed by atoms with Gasteiger partial charge in [0, 0.05) is 18.7 Å². The van der Waals surface area contributed by atoms with Gasteiger partial charge >= 0.3 is 5.69 Å². The zero-order valence-electron chi connectivity index (χ0n) is 19.6. The summed E-state index contributed by atoms with van der Waals surface area (Å²) in [5.74, 6) is -0.332. The van der Waals surface area contributed by atoms with Crippen molar-refractivity contribution in [2.75, 3.05) is 17.2 Å². The quantitative estimate of drug-likeness (QED) is 0.492. The molecule has 0 aliphatic carbocycles. The van der Waals surface area contributed by atoms with Crippen LogP contribution in [-0.4, -0.2) is 27.0 Å². The molecule has 0 unspecified atom stereocenters. The maximum absolute atomic E-state index is 13.7. The van der Waals surface area contributed by atoms with Crippen molar-refractivity contribution in [3.8, 4) is 10.6 Å². The summed E-state index contributed by atoms with van der Waals surface area (Å²) in [7, 11) is 0. The van der Waals surface area contributed by atoms with Gasteiger partial charge in [0.25, 0.3) is 11.5 Å². The van der Waals surface area contributed by atoms with Crippen LogP contribution in [-0.2, 0) is 13.0 Å². The second-order valence-electron chi connectivity index (χ2n) is 7.94. The number of aromatic nitrogens is 3. The molecular weight excluding hydrogens is 438 g/mol. The molecule has 8 nitrogen and oxygen atoms in total. The standard InChI is InChI=1S/C24H31N5O3S/c1-5-8-14-28(18-20(25)29(13-6-2)24(32)27-21(18)30)23(31)19-15(4)26-22(33-19)17-11-9-16(7-3)10-12-17/h9-12H,5-8,13-14,25H2,1-4H3,(H,27,30,32). The number of H-pyrrole nitrogens is 1. The molecule has 33 heavy (non-hydrogen) atoms. The van der Waals surface area contributed by atoms with Gasteiger partial charge in [0.05, 0.1) is 5.69 Å². The highest BCUT2D eigenvalue weighted by Crippen LogP contribution is 2.31. The van der Waals surface area contributed by atoms with Gasteiger partial charge in [0.1, 0.15) is 15.7 Å². The van der Waals surface area contributed by atoms with Crippen molar-refractivity contribution in [2.45, 2.75) is 59.9 Å². The van der Waals surface area contributed by atoms with E-state index in [0.717, 1.165) is 23.4 Å². The Morgan fingerprint density at radius 1 is 1.15 bits per heavy atom. The van der Waals surface area contributed by atoms with Gasteiger partial charge in [-0.25, -0.2) is 9.78 Å². The van der Waals surface area contributed by atoms with Gasteiger partial charge < -0.3 is 5.73 Å². The van der Waals surface area contributed by atoms with Crippen LogP contribution in [0.5, 0.6) is 0 Å². The number of hydrogen-bond donors (Lipinski definition) is 2. The number of anilines is 2. The van der Waals surface area contributed by atoms with Gasteiger partial charge in [0.2, 0.25) is 0 Å². The van der Waals surface area contributed by atoms with E-state index in [1.54, 1.807) is 6.92 Å². The van der Waals surface area contributed by atoms with Crippen molar-refractivity contribution >= 4 is 28.7 Å². The van der Waals surface area contributed by atoms with E-state index in [0.29, 0.717) is 36.5 Å². The predicted molar refractivity (Wildman–Crippen MR) is 134 cm³/mol. The number of hydrogen-bond acceptors (Lipinski definition) is 6. The van der Waals surface area contributed by atoms with Crippen LogP contribution in [0.25, 0.3) is 10.6 Å². The Kier molecular flexibility index (Phi) is 7.86. The highest BCUT2D eigenvalue weighted by atomic mass is 32.1. The normalized spacial score (nSPS) is 11.0. The number of aryl methyl sites for hydroxylation is 2. The van der Waals surface area contributed by atoms with E-state index in [9.17, 15) is 14.4 Å². The molecular formula is C24H31N5O3S. The molecule has 3 rings (SSSR count). The number of thiazole rings is 1. The lowest BCUT2D eigenvalue weighted by molar-refractivity contribution is 0.0989. The number of unbranched alkanes of at least 4 members (excludes halogenated alkanes) is 1. The Balaban J connectivity index is 2.07. The third-order valence-electron chi connectivity index (χ3n) is 5.51. The summed E-state index contributed by atoms with van der Waals surface area (Å²) < 4.78 is 1.31. The number of nitrogen functional groups attached to an aromatic ring is 1. The number of nitrogens with two attached hydrogens (primary N) is 1. The number of carbonyl (C=O) groups excluding carboxylic acids is 1. The second-order valence-corrected chi connectivity index (χ2v) is 8.94. The van der Waals surface area contributed by atoms with Crippen molar-refractivity contribution in [1.82, 2.24) is 14.5 Å². The van der Waals surface area contributed by atoms with Crippen LogP contribution in [0.3, 0.4) is 0 Å². The van der Waals surface area contributed by atoms with Gasteiger partial charge in [-0.05, 0) is 31.7 Å². The molecule has 3 aromatic rings. The van der Waals surface area contributed by atoms with E-state index in [4.69, 9.17) is 5.73 Å². The number of nitrogens with one attached hydrogen (secondary N) is 1. The van der Waals surface area contributed by atoms with Crippen molar-refractivity contribution in [3.63, 3.8) is 0 Å². The summed E-state index contributed by atoms with van der Waals surface area (Å²) >= 11 is 1.30. The topological polar surface area (TPSA) is 114 Å². The number of amides is 1. The lowest BCUT2D eigenvalue weighted by Crippen LogP contribution is -2.41. The first-order valence-electron chi connectivity index (χ1n) is 11.3. The summed E-state index contributed by atoms with van der Waals surface area (Å²) in [6, 6.07) is 8.11. The molecule has 0 radical (unpaired) electrons. The molecule has 3 N–H and O–H groups in total. The van der Waals surface area contributed by atoms with E-state index in [-0.39, 0.29) is 17.4 Å². The molecule has 2 heterocycles. The monoisotopic (exact) mass is 469 g/mol. The number of carbonyl (C=O) groups is 1. The number of nitrogens with zero attached hydrogens (tertiary/aromatic N) is 3. The SMILES string of the molecule is CCCCN(C(=O)c1sc(-c2ccc(CC)cc2)nc1C)c1c(N)n(CCC)c(=O)[nH]c1=O. The highest BCUT2D eigenvalue weighted by Gasteiger charge is 2.28. The number of aromatic amines is 1. The fraction of sp³-hybridized carbons (Fsp3) is 0.417. The summed E-state index contributed by atoms with van der Waals surface area (Å²) in [5, 5.41) is 0.742. The third-order valence-corrected chi connectivity index (χ3v) is 6.71. The predicted octanol–water partition coefficient (Wildman–Crippen LogP) is 3.97. The van der Waals surface area contributed by atoms with Crippen molar-refractivity contribution < 1.29 is 4.79 Å². The molecule has 0 atom stereocenters. The molecule has 0 spiro atoms. The van der Waals surface area contributed by atoms with Gasteiger partial charge in [0.15, 0.2) is 5.69 Å². The van der Waals surface area contributed by atoms with Gasteiger partial charge in [-0.1, -0.05) is 51.5 Å². The van der Waals surface area contributed by atoms with Crippen molar-refractivity contribution in [2.24, 2.45) is 0 Å². The first kappa shape index (κ1) is 24.4. The van der Waals surface area contributed by atoms with Crippen LogP contribution in [0.2, 0.25) is 0 Å². The molecule has 0 saturated heterocycles. The zero-order valence-corrected chi connectivity index (χ0v) is 20.4. The van der Waals surface area contributed by atoms with E-state index in [1.807, 2.05) is 26.0 Å². The molecule has 0 aliphatic rings. The first-order valence-corrected chi connectivity index (χ1v) is 12.1. The van der Waals surface area contributed by atoms with Gasteiger partial charge in [-0.15, -0.1) is 11.3 Å². The molecule has 0 fully saturated rings. The van der Waals surface area contributed by atoms with Crippen LogP contribution >= 0.6 is 11.3 Å². The van der Waals surface area contributed by atoms with Crippen LogP contribution in [0, 0.1) is 6.92 Å². The second kappa shape index (κ2) is 10.6. The Labute approximate surface area is 197 Å². The van der Waals surface area contributed by atoms with E-state index in [2.05, 4.69) is 29.0 Å². The van der Waals surface area contributed by atoms with E-state index in [1.165, 1.54) is 26.4 Å². The fourth-order valence-corrected chi connectivity index (χ4v) is 4.66. The van der Waals surface area contributed by atoms with Crippen molar-refractivity contribution in [1.29, 1.82) is 0 Å². The van der Waals surface area contributed by atoms with Crippen LogP contribution in [0.1, 0.15) is 61.0 Å². The van der Waals surface area contributed by atoms with Crippen molar-refractivity contribution in [3.05, 3.63) is 61.2 Å². The molecule has 0 saturated carbocycles. The molecule has 176 valence electrons. The molecule has 9 heteroatoms. The maximum Gasteiger partial charge on any atom is 0.330 e.